The number of ether oxygens (including phenoxy) is 1. The van der Waals surface area contributed by atoms with Crippen molar-refractivity contribution in [2.75, 3.05) is 19.7 Å². The van der Waals surface area contributed by atoms with Gasteiger partial charge in [-0.3, -0.25) is 0 Å². The first-order valence-electron chi connectivity index (χ1n) is 10.4. The standard InChI is InChI=1S/C24H26N4O/c1-19-9-5-6-16-28(19)17-8-18-29-24-22(14-13-20-10-3-2-4-11-20)26-23-21(27-24)12-7-15-25-23/h2-4,7,10-12,15,19H,5-6,8-9,16-18H2,1H3. The van der Waals surface area contributed by atoms with Crippen molar-refractivity contribution in [1.82, 2.24) is 19.9 Å². The summed E-state index contributed by atoms with van der Waals surface area (Å²) in [5.74, 6) is 6.75. The quantitative estimate of drug-likeness (QED) is 0.489. The summed E-state index contributed by atoms with van der Waals surface area (Å²) >= 11 is 0. The summed E-state index contributed by atoms with van der Waals surface area (Å²) in [6.45, 7) is 5.16. The van der Waals surface area contributed by atoms with E-state index >= 15 is 0 Å². The zero-order valence-corrected chi connectivity index (χ0v) is 16.8. The topological polar surface area (TPSA) is 51.1 Å². The second-order valence-corrected chi connectivity index (χ2v) is 7.42. The summed E-state index contributed by atoms with van der Waals surface area (Å²) in [6.07, 6.45) is 6.61. The molecule has 3 heterocycles. The predicted octanol–water partition coefficient (Wildman–Crippen LogP) is 4.07. The zero-order chi connectivity index (χ0) is 19.9. The molecule has 1 fully saturated rings. The molecule has 5 heteroatoms. The van der Waals surface area contributed by atoms with Crippen molar-refractivity contribution in [3.8, 4) is 17.7 Å². The second kappa shape index (κ2) is 9.49. The maximum atomic E-state index is 6.03. The van der Waals surface area contributed by atoms with Gasteiger partial charge in [0.1, 0.15) is 5.52 Å². The van der Waals surface area contributed by atoms with Gasteiger partial charge in [0.25, 0.3) is 0 Å². The lowest BCUT2D eigenvalue weighted by atomic mass is 10.0. The average Bonchev–Trinajstić information content (AvgIpc) is 2.77. The van der Waals surface area contributed by atoms with Crippen LogP contribution in [0.3, 0.4) is 0 Å². The molecule has 0 N–H and O–H groups in total. The fourth-order valence-electron chi connectivity index (χ4n) is 3.64. The molecule has 5 nitrogen and oxygen atoms in total. The third kappa shape index (κ3) is 5.10. The molecule has 1 aliphatic rings. The van der Waals surface area contributed by atoms with Gasteiger partial charge in [-0.1, -0.05) is 30.5 Å². The molecule has 1 atom stereocenters. The number of pyridine rings is 1. The van der Waals surface area contributed by atoms with E-state index in [4.69, 9.17) is 4.74 Å². The van der Waals surface area contributed by atoms with Gasteiger partial charge in [-0.25, -0.2) is 15.0 Å². The Labute approximate surface area is 172 Å². The fourth-order valence-corrected chi connectivity index (χ4v) is 3.64. The van der Waals surface area contributed by atoms with E-state index < -0.39 is 0 Å². The van der Waals surface area contributed by atoms with Gasteiger partial charge in [-0.05, 0) is 62.9 Å². The molecule has 1 unspecified atom stereocenters. The molecule has 1 aliphatic heterocycles. The van der Waals surface area contributed by atoms with Gasteiger partial charge < -0.3 is 9.64 Å². The van der Waals surface area contributed by atoms with Crippen molar-refractivity contribution < 1.29 is 4.74 Å². The van der Waals surface area contributed by atoms with Crippen LogP contribution in [0.4, 0.5) is 0 Å². The molecule has 0 spiro atoms. The Bertz CT molecular complexity index is 1010. The Morgan fingerprint density at radius 2 is 1.97 bits per heavy atom. The van der Waals surface area contributed by atoms with Crippen molar-refractivity contribution in [3.05, 3.63) is 59.9 Å². The molecule has 0 amide bonds. The maximum absolute atomic E-state index is 6.03. The number of hydrogen-bond acceptors (Lipinski definition) is 5. The molecule has 2 aromatic heterocycles. The van der Waals surface area contributed by atoms with Crippen molar-refractivity contribution >= 4 is 11.2 Å². The number of aromatic nitrogens is 3. The van der Waals surface area contributed by atoms with E-state index in [1.165, 1.54) is 25.8 Å². The van der Waals surface area contributed by atoms with Gasteiger partial charge in [-0.15, -0.1) is 0 Å². The molecule has 4 rings (SSSR count). The minimum absolute atomic E-state index is 0.487. The van der Waals surface area contributed by atoms with Crippen LogP contribution >= 0.6 is 0 Å². The summed E-state index contributed by atoms with van der Waals surface area (Å²) < 4.78 is 6.03. The molecule has 0 radical (unpaired) electrons. The zero-order valence-electron chi connectivity index (χ0n) is 16.8. The first kappa shape index (κ1) is 19.4. The average molecular weight is 386 g/mol. The predicted molar refractivity (Wildman–Crippen MR) is 115 cm³/mol. The molecule has 1 aromatic carbocycles. The van der Waals surface area contributed by atoms with Gasteiger partial charge in [0.2, 0.25) is 5.88 Å². The lowest BCUT2D eigenvalue weighted by Gasteiger charge is -2.33. The Balaban J connectivity index is 1.48. The van der Waals surface area contributed by atoms with Crippen LogP contribution in [0, 0.1) is 11.8 Å². The van der Waals surface area contributed by atoms with Crippen molar-refractivity contribution in [2.45, 2.75) is 38.6 Å². The lowest BCUT2D eigenvalue weighted by molar-refractivity contribution is 0.148. The monoisotopic (exact) mass is 386 g/mol. The van der Waals surface area contributed by atoms with Crippen molar-refractivity contribution in [3.63, 3.8) is 0 Å². The molecule has 0 bridgehead atoms. The van der Waals surface area contributed by atoms with E-state index in [0.29, 0.717) is 29.9 Å². The molecule has 0 aliphatic carbocycles. The molecule has 0 saturated carbocycles. The smallest absolute Gasteiger partial charge is 0.249 e. The minimum Gasteiger partial charge on any atom is -0.476 e. The number of hydrogen-bond donors (Lipinski definition) is 0. The number of nitrogens with zero attached hydrogens (tertiary/aromatic N) is 4. The van der Waals surface area contributed by atoms with Crippen LogP contribution in [0.25, 0.3) is 11.2 Å². The third-order valence-electron chi connectivity index (χ3n) is 5.28. The summed E-state index contributed by atoms with van der Waals surface area (Å²) in [5, 5.41) is 0. The third-order valence-corrected chi connectivity index (χ3v) is 5.28. The molecule has 1 saturated heterocycles. The van der Waals surface area contributed by atoms with E-state index in [0.717, 1.165) is 24.0 Å². The van der Waals surface area contributed by atoms with E-state index in [1.807, 2.05) is 42.5 Å². The van der Waals surface area contributed by atoms with Crippen molar-refractivity contribution in [1.29, 1.82) is 0 Å². The summed E-state index contributed by atoms with van der Waals surface area (Å²) in [7, 11) is 0. The summed E-state index contributed by atoms with van der Waals surface area (Å²) in [5.41, 5.74) is 2.77. The summed E-state index contributed by atoms with van der Waals surface area (Å²) in [6, 6.07) is 14.3. The Hall–Kier alpha value is -2.97. The van der Waals surface area contributed by atoms with E-state index in [-0.39, 0.29) is 0 Å². The lowest BCUT2D eigenvalue weighted by Crippen LogP contribution is -2.38. The normalized spacial score (nSPS) is 16.9. The SMILES string of the molecule is CC1CCCCN1CCCOc1nc2cccnc2nc1C#Cc1ccccc1. The number of rotatable bonds is 5. The Kier molecular flexibility index (Phi) is 6.33. The fraction of sp³-hybridized carbons (Fsp3) is 0.375. The van der Waals surface area contributed by atoms with Crippen LogP contribution < -0.4 is 4.74 Å². The van der Waals surface area contributed by atoms with E-state index in [1.54, 1.807) is 6.20 Å². The van der Waals surface area contributed by atoms with Crippen LogP contribution in [-0.4, -0.2) is 45.6 Å². The van der Waals surface area contributed by atoms with Gasteiger partial charge >= 0.3 is 0 Å². The van der Waals surface area contributed by atoms with Crippen LogP contribution in [0.1, 0.15) is 43.9 Å². The van der Waals surface area contributed by atoms with Crippen molar-refractivity contribution in [2.24, 2.45) is 0 Å². The van der Waals surface area contributed by atoms with Gasteiger partial charge in [0.05, 0.1) is 6.61 Å². The van der Waals surface area contributed by atoms with Gasteiger partial charge in [0.15, 0.2) is 11.3 Å². The number of likely N-dealkylation sites (tertiary alicyclic amines) is 1. The maximum Gasteiger partial charge on any atom is 0.249 e. The van der Waals surface area contributed by atoms with Crippen LogP contribution in [0.5, 0.6) is 5.88 Å². The highest BCUT2D eigenvalue weighted by Gasteiger charge is 2.17. The van der Waals surface area contributed by atoms with Crippen LogP contribution in [0.15, 0.2) is 48.7 Å². The highest BCUT2D eigenvalue weighted by atomic mass is 16.5. The first-order valence-corrected chi connectivity index (χ1v) is 10.4. The largest absolute Gasteiger partial charge is 0.476 e. The Morgan fingerprint density at radius 3 is 2.83 bits per heavy atom. The molecular weight excluding hydrogens is 360 g/mol. The second-order valence-electron chi connectivity index (χ2n) is 7.42. The highest BCUT2D eigenvalue weighted by molar-refractivity contribution is 5.71. The van der Waals surface area contributed by atoms with Crippen LogP contribution in [0.2, 0.25) is 0 Å². The van der Waals surface area contributed by atoms with Gasteiger partial charge in [-0.2, -0.15) is 0 Å². The van der Waals surface area contributed by atoms with E-state index in [9.17, 15) is 0 Å². The van der Waals surface area contributed by atoms with E-state index in [2.05, 4.69) is 38.6 Å². The number of piperidine rings is 1. The highest BCUT2D eigenvalue weighted by Crippen LogP contribution is 2.19. The minimum atomic E-state index is 0.487. The first-order chi connectivity index (χ1) is 14.3. The Morgan fingerprint density at radius 1 is 1.07 bits per heavy atom. The molecule has 3 aromatic rings. The van der Waals surface area contributed by atoms with Crippen LogP contribution in [-0.2, 0) is 0 Å². The van der Waals surface area contributed by atoms with Gasteiger partial charge in [0, 0.05) is 24.3 Å². The molecular formula is C24H26N4O. The number of fused-ring (bicyclic) bond motifs is 1. The summed E-state index contributed by atoms with van der Waals surface area (Å²) in [4.78, 5) is 16.1. The molecule has 148 valence electrons. The molecule has 29 heavy (non-hydrogen) atoms. The number of benzene rings is 1.